The van der Waals surface area contributed by atoms with Gasteiger partial charge in [-0.2, -0.15) is 5.10 Å². The smallest absolute Gasteiger partial charge is 0.306 e. The largest absolute Gasteiger partial charge is 0.350 e. The standard InChI is InChI=1S/C21H21N5O4/c1-15(23-20(27)10-11-25-14-19(13-22-25)26(29)30)17-8-5-9-18(12-17)24-21(28)16-6-3-2-4-7-16/h2-9,12-15H,10-11H2,1H3,(H,23,27)(H,24,28). The maximum absolute atomic E-state index is 12.3. The Morgan fingerprint density at radius 2 is 1.93 bits per heavy atom. The molecule has 2 N–H and O–H groups in total. The molecule has 3 aromatic rings. The average Bonchev–Trinajstić information content (AvgIpc) is 3.22. The van der Waals surface area contributed by atoms with Crippen molar-refractivity contribution < 1.29 is 14.5 Å². The third-order valence-electron chi connectivity index (χ3n) is 4.46. The van der Waals surface area contributed by atoms with E-state index in [1.165, 1.54) is 10.9 Å². The van der Waals surface area contributed by atoms with Crippen molar-refractivity contribution in [2.24, 2.45) is 0 Å². The molecule has 0 aliphatic rings. The van der Waals surface area contributed by atoms with E-state index in [1.807, 2.05) is 31.2 Å². The summed E-state index contributed by atoms with van der Waals surface area (Å²) in [5.41, 5.74) is 1.91. The molecule has 0 saturated carbocycles. The van der Waals surface area contributed by atoms with Crippen molar-refractivity contribution in [3.05, 3.63) is 88.2 Å². The number of aromatic nitrogens is 2. The Morgan fingerprint density at radius 3 is 2.63 bits per heavy atom. The number of carbonyl (C=O) groups is 2. The highest BCUT2D eigenvalue weighted by atomic mass is 16.6. The fourth-order valence-corrected chi connectivity index (χ4v) is 2.86. The highest BCUT2D eigenvalue weighted by molar-refractivity contribution is 6.04. The number of amides is 2. The van der Waals surface area contributed by atoms with Crippen LogP contribution in [0.4, 0.5) is 11.4 Å². The molecule has 154 valence electrons. The molecule has 3 rings (SSSR count). The molecule has 0 fully saturated rings. The van der Waals surface area contributed by atoms with E-state index in [0.29, 0.717) is 11.3 Å². The molecule has 0 radical (unpaired) electrons. The molecule has 0 saturated heterocycles. The zero-order valence-corrected chi connectivity index (χ0v) is 16.3. The zero-order chi connectivity index (χ0) is 21.5. The van der Waals surface area contributed by atoms with Crippen molar-refractivity contribution in [2.45, 2.75) is 25.9 Å². The Hall–Kier alpha value is -4.01. The number of benzene rings is 2. The first-order valence-electron chi connectivity index (χ1n) is 9.35. The van der Waals surface area contributed by atoms with Crippen molar-refractivity contribution in [3.8, 4) is 0 Å². The number of nitrogens with zero attached hydrogens (tertiary/aromatic N) is 3. The van der Waals surface area contributed by atoms with Gasteiger partial charge in [0, 0.05) is 24.2 Å². The maximum Gasteiger partial charge on any atom is 0.306 e. The van der Waals surface area contributed by atoms with Gasteiger partial charge in [-0.1, -0.05) is 30.3 Å². The molecular weight excluding hydrogens is 386 g/mol. The van der Waals surface area contributed by atoms with E-state index >= 15 is 0 Å². The first-order valence-corrected chi connectivity index (χ1v) is 9.35. The number of hydrogen-bond donors (Lipinski definition) is 2. The molecule has 0 bridgehead atoms. The third-order valence-corrected chi connectivity index (χ3v) is 4.46. The van der Waals surface area contributed by atoms with Crippen LogP contribution in [0, 0.1) is 10.1 Å². The highest BCUT2D eigenvalue weighted by Gasteiger charge is 2.13. The predicted octanol–water partition coefficient (Wildman–Crippen LogP) is 3.31. The lowest BCUT2D eigenvalue weighted by atomic mass is 10.1. The molecule has 2 aromatic carbocycles. The topological polar surface area (TPSA) is 119 Å². The Morgan fingerprint density at radius 1 is 1.17 bits per heavy atom. The lowest BCUT2D eigenvalue weighted by molar-refractivity contribution is -0.385. The summed E-state index contributed by atoms with van der Waals surface area (Å²) >= 11 is 0. The van der Waals surface area contributed by atoms with Gasteiger partial charge in [-0.15, -0.1) is 0 Å². The summed E-state index contributed by atoms with van der Waals surface area (Å²) in [5.74, 6) is -0.419. The minimum Gasteiger partial charge on any atom is -0.350 e. The van der Waals surface area contributed by atoms with Gasteiger partial charge in [-0.05, 0) is 36.8 Å². The molecule has 2 amide bonds. The van der Waals surface area contributed by atoms with Crippen LogP contribution in [0.3, 0.4) is 0 Å². The number of carbonyl (C=O) groups excluding carboxylic acids is 2. The van der Waals surface area contributed by atoms with Crippen LogP contribution in [0.15, 0.2) is 67.0 Å². The van der Waals surface area contributed by atoms with E-state index in [9.17, 15) is 19.7 Å². The molecule has 0 aliphatic carbocycles. The number of aryl methyl sites for hydroxylation is 1. The molecule has 9 nitrogen and oxygen atoms in total. The Balaban J connectivity index is 1.55. The van der Waals surface area contributed by atoms with Gasteiger partial charge in [0.1, 0.15) is 12.4 Å². The van der Waals surface area contributed by atoms with Gasteiger partial charge in [0.05, 0.1) is 11.0 Å². The van der Waals surface area contributed by atoms with Crippen LogP contribution >= 0.6 is 0 Å². The number of rotatable bonds is 8. The number of anilines is 1. The first-order chi connectivity index (χ1) is 14.4. The maximum atomic E-state index is 12.3. The summed E-state index contributed by atoms with van der Waals surface area (Å²) in [6.45, 7) is 2.08. The van der Waals surface area contributed by atoms with E-state index in [0.717, 1.165) is 11.8 Å². The fourth-order valence-electron chi connectivity index (χ4n) is 2.86. The van der Waals surface area contributed by atoms with E-state index in [-0.39, 0.29) is 36.5 Å². The molecule has 0 aliphatic heterocycles. The summed E-state index contributed by atoms with van der Waals surface area (Å²) in [7, 11) is 0. The third kappa shape index (κ3) is 5.51. The minimum absolute atomic E-state index is 0.113. The molecule has 0 spiro atoms. The molecule has 1 atom stereocenters. The highest BCUT2D eigenvalue weighted by Crippen LogP contribution is 2.18. The van der Waals surface area contributed by atoms with Crippen molar-refractivity contribution in [1.82, 2.24) is 15.1 Å². The molecule has 1 aromatic heterocycles. The average molecular weight is 407 g/mol. The van der Waals surface area contributed by atoms with Gasteiger partial charge in [-0.25, -0.2) is 0 Å². The second-order valence-electron chi connectivity index (χ2n) is 6.70. The Bertz CT molecular complexity index is 1050. The summed E-state index contributed by atoms with van der Waals surface area (Å²) in [6, 6.07) is 15.9. The van der Waals surface area contributed by atoms with Crippen molar-refractivity contribution in [3.63, 3.8) is 0 Å². The van der Waals surface area contributed by atoms with Crippen LogP contribution < -0.4 is 10.6 Å². The SMILES string of the molecule is CC(NC(=O)CCn1cc([N+](=O)[O-])cn1)c1cccc(NC(=O)c2ccccc2)c1. The molecule has 1 heterocycles. The fraction of sp³-hybridized carbons (Fsp3) is 0.190. The van der Waals surface area contributed by atoms with Crippen molar-refractivity contribution >= 4 is 23.2 Å². The van der Waals surface area contributed by atoms with Gasteiger partial charge in [0.2, 0.25) is 5.91 Å². The summed E-state index contributed by atoms with van der Waals surface area (Å²) in [6.07, 6.45) is 2.57. The predicted molar refractivity (Wildman–Crippen MR) is 111 cm³/mol. The van der Waals surface area contributed by atoms with Crippen LogP contribution in [0.5, 0.6) is 0 Å². The van der Waals surface area contributed by atoms with Crippen molar-refractivity contribution in [1.29, 1.82) is 0 Å². The molecule has 1 unspecified atom stereocenters. The van der Waals surface area contributed by atoms with Gasteiger partial charge >= 0.3 is 5.69 Å². The summed E-state index contributed by atoms with van der Waals surface area (Å²) < 4.78 is 1.36. The quantitative estimate of drug-likeness (QED) is 0.439. The minimum atomic E-state index is -0.533. The second-order valence-corrected chi connectivity index (χ2v) is 6.70. The zero-order valence-electron chi connectivity index (χ0n) is 16.3. The summed E-state index contributed by atoms with van der Waals surface area (Å²) in [4.78, 5) is 34.7. The molecular formula is C21H21N5O4. The van der Waals surface area contributed by atoms with Crippen LogP contribution in [-0.4, -0.2) is 26.5 Å². The summed E-state index contributed by atoms with van der Waals surface area (Å²) in [5, 5.41) is 20.3. The molecule has 9 heteroatoms. The van der Waals surface area contributed by atoms with Gasteiger partial charge < -0.3 is 10.6 Å². The Labute approximate surface area is 172 Å². The lowest BCUT2D eigenvalue weighted by Gasteiger charge is -2.16. The van der Waals surface area contributed by atoms with E-state index in [2.05, 4.69) is 15.7 Å². The number of nitro groups is 1. The van der Waals surface area contributed by atoms with E-state index < -0.39 is 4.92 Å². The van der Waals surface area contributed by atoms with Gasteiger partial charge in [0.25, 0.3) is 5.91 Å². The van der Waals surface area contributed by atoms with Crippen LogP contribution in [0.1, 0.15) is 35.3 Å². The monoisotopic (exact) mass is 407 g/mol. The van der Waals surface area contributed by atoms with Crippen LogP contribution in [0.2, 0.25) is 0 Å². The Kier molecular flexibility index (Phi) is 6.53. The van der Waals surface area contributed by atoms with Gasteiger partial charge in [-0.3, -0.25) is 24.4 Å². The normalized spacial score (nSPS) is 11.5. The van der Waals surface area contributed by atoms with Crippen LogP contribution in [-0.2, 0) is 11.3 Å². The second kappa shape index (κ2) is 9.46. The van der Waals surface area contributed by atoms with Crippen LogP contribution in [0.25, 0.3) is 0 Å². The first kappa shape index (κ1) is 20.7. The number of hydrogen-bond acceptors (Lipinski definition) is 5. The van der Waals surface area contributed by atoms with Crippen molar-refractivity contribution in [2.75, 3.05) is 5.32 Å². The molecule has 30 heavy (non-hydrogen) atoms. The van der Waals surface area contributed by atoms with E-state index in [4.69, 9.17) is 0 Å². The van der Waals surface area contributed by atoms with Gasteiger partial charge in [0.15, 0.2) is 0 Å². The lowest BCUT2D eigenvalue weighted by Crippen LogP contribution is -2.27. The number of nitrogens with one attached hydrogen (secondary N) is 2. The van der Waals surface area contributed by atoms with E-state index in [1.54, 1.807) is 30.3 Å².